The van der Waals surface area contributed by atoms with Crippen LogP contribution in [-0.2, 0) is 0 Å². The Morgan fingerprint density at radius 3 is 2.79 bits per heavy atom. The van der Waals surface area contributed by atoms with Gasteiger partial charge in [0.15, 0.2) is 0 Å². The van der Waals surface area contributed by atoms with Crippen molar-refractivity contribution in [2.75, 3.05) is 38.8 Å². The third-order valence-corrected chi connectivity index (χ3v) is 3.19. The first-order valence-electron chi connectivity index (χ1n) is 6.50. The molecule has 19 heavy (non-hydrogen) atoms. The van der Waals surface area contributed by atoms with Gasteiger partial charge in [0, 0.05) is 30.4 Å². The molecular formula is C15H24N2O2. The Kier molecular flexibility index (Phi) is 6.39. The lowest BCUT2D eigenvalue weighted by molar-refractivity contribution is 0.302. The summed E-state index contributed by atoms with van der Waals surface area (Å²) in [6.07, 6.45) is 1.84. The predicted octanol–water partition coefficient (Wildman–Crippen LogP) is 1.96. The average Bonchev–Trinajstić information content (AvgIpc) is 2.45. The standard InChI is InChI=1S/C15H24N2O2/c1-5-9-17(10-11-18)13-7-6-8-14(19-4)15(13)12(2)16-3/h5-8,12,16,18H,1,9-11H2,2-4H3. The van der Waals surface area contributed by atoms with E-state index in [-0.39, 0.29) is 12.6 Å². The van der Waals surface area contributed by atoms with Gasteiger partial charge in [-0.1, -0.05) is 12.1 Å². The van der Waals surface area contributed by atoms with Gasteiger partial charge in [0.25, 0.3) is 0 Å². The van der Waals surface area contributed by atoms with Crippen LogP contribution in [-0.4, -0.2) is 39.0 Å². The molecule has 0 saturated carbocycles. The number of aliphatic hydroxyl groups is 1. The maximum atomic E-state index is 9.21. The Morgan fingerprint density at radius 2 is 2.26 bits per heavy atom. The van der Waals surface area contributed by atoms with E-state index in [1.54, 1.807) is 7.11 Å². The minimum atomic E-state index is 0.110. The van der Waals surface area contributed by atoms with Crippen LogP contribution in [0.15, 0.2) is 30.9 Å². The fourth-order valence-corrected chi connectivity index (χ4v) is 2.15. The first-order valence-corrected chi connectivity index (χ1v) is 6.50. The summed E-state index contributed by atoms with van der Waals surface area (Å²) in [5.41, 5.74) is 2.16. The van der Waals surface area contributed by atoms with Gasteiger partial charge in [-0.2, -0.15) is 0 Å². The summed E-state index contributed by atoms with van der Waals surface area (Å²) in [7, 11) is 3.60. The molecule has 1 aromatic rings. The summed E-state index contributed by atoms with van der Waals surface area (Å²) in [5, 5.41) is 12.5. The number of anilines is 1. The van der Waals surface area contributed by atoms with Crippen LogP contribution in [0.5, 0.6) is 5.75 Å². The minimum Gasteiger partial charge on any atom is -0.496 e. The summed E-state index contributed by atoms with van der Waals surface area (Å²) < 4.78 is 5.46. The molecule has 0 fully saturated rings. The van der Waals surface area contributed by atoms with Crippen LogP contribution >= 0.6 is 0 Å². The Balaban J connectivity index is 3.26. The molecule has 1 unspecified atom stereocenters. The molecule has 1 aromatic carbocycles. The molecule has 0 radical (unpaired) electrons. The lowest BCUT2D eigenvalue weighted by Gasteiger charge is -2.28. The van der Waals surface area contributed by atoms with Crippen molar-refractivity contribution in [1.82, 2.24) is 5.32 Å². The van der Waals surface area contributed by atoms with E-state index in [1.807, 2.05) is 31.3 Å². The molecule has 0 aliphatic heterocycles. The van der Waals surface area contributed by atoms with Crippen molar-refractivity contribution in [3.05, 3.63) is 36.4 Å². The van der Waals surface area contributed by atoms with Gasteiger partial charge in [-0.3, -0.25) is 0 Å². The molecule has 106 valence electrons. The maximum Gasteiger partial charge on any atom is 0.125 e. The van der Waals surface area contributed by atoms with E-state index in [2.05, 4.69) is 23.7 Å². The number of hydrogen-bond donors (Lipinski definition) is 2. The van der Waals surface area contributed by atoms with E-state index in [1.165, 1.54) is 0 Å². The van der Waals surface area contributed by atoms with Crippen molar-refractivity contribution in [3.8, 4) is 5.75 Å². The lowest BCUT2D eigenvalue weighted by atomic mass is 10.0. The molecule has 1 rings (SSSR count). The molecule has 4 nitrogen and oxygen atoms in total. The smallest absolute Gasteiger partial charge is 0.125 e. The van der Waals surface area contributed by atoms with Gasteiger partial charge < -0.3 is 20.1 Å². The van der Waals surface area contributed by atoms with Crippen molar-refractivity contribution in [2.45, 2.75) is 13.0 Å². The normalized spacial score (nSPS) is 12.0. The van der Waals surface area contributed by atoms with Crippen molar-refractivity contribution in [3.63, 3.8) is 0 Å². The van der Waals surface area contributed by atoms with Crippen LogP contribution in [0.1, 0.15) is 18.5 Å². The SMILES string of the molecule is C=CCN(CCO)c1cccc(OC)c1C(C)NC. The third-order valence-electron chi connectivity index (χ3n) is 3.19. The second-order valence-corrected chi connectivity index (χ2v) is 4.36. The van der Waals surface area contributed by atoms with Gasteiger partial charge in [-0.05, 0) is 26.1 Å². The molecular weight excluding hydrogens is 240 g/mol. The summed E-state index contributed by atoms with van der Waals surface area (Å²) >= 11 is 0. The number of rotatable bonds is 8. The van der Waals surface area contributed by atoms with E-state index in [4.69, 9.17) is 4.74 Å². The van der Waals surface area contributed by atoms with Gasteiger partial charge in [0.2, 0.25) is 0 Å². The molecule has 0 aliphatic rings. The summed E-state index contributed by atoms with van der Waals surface area (Å²) in [5.74, 6) is 0.853. The van der Waals surface area contributed by atoms with Crippen molar-refractivity contribution in [2.24, 2.45) is 0 Å². The minimum absolute atomic E-state index is 0.110. The molecule has 0 spiro atoms. The second-order valence-electron chi connectivity index (χ2n) is 4.36. The zero-order valence-corrected chi connectivity index (χ0v) is 12.0. The number of methoxy groups -OCH3 is 1. The van der Waals surface area contributed by atoms with E-state index >= 15 is 0 Å². The van der Waals surface area contributed by atoms with E-state index in [0.717, 1.165) is 17.0 Å². The average molecular weight is 264 g/mol. The van der Waals surface area contributed by atoms with Gasteiger partial charge in [0.05, 0.1) is 13.7 Å². The van der Waals surface area contributed by atoms with E-state index in [0.29, 0.717) is 13.1 Å². The molecule has 4 heteroatoms. The number of nitrogens with one attached hydrogen (secondary N) is 1. The number of aliphatic hydroxyl groups excluding tert-OH is 1. The Hall–Kier alpha value is -1.52. The van der Waals surface area contributed by atoms with Gasteiger partial charge in [-0.15, -0.1) is 6.58 Å². The van der Waals surface area contributed by atoms with Crippen molar-refractivity contribution >= 4 is 5.69 Å². The summed E-state index contributed by atoms with van der Waals surface area (Å²) in [6.45, 7) is 7.24. The number of ether oxygens (including phenoxy) is 1. The quantitative estimate of drug-likeness (QED) is 0.705. The molecule has 0 aliphatic carbocycles. The topological polar surface area (TPSA) is 44.7 Å². The molecule has 2 N–H and O–H groups in total. The van der Waals surface area contributed by atoms with E-state index < -0.39 is 0 Å². The Bertz CT molecular complexity index is 407. The van der Waals surface area contributed by atoms with Crippen LogP contribution in [0.2, 0.25) is 0 Å². The molecule has 0 aromatic heterocycles. The highest BCUT2D eigenvalue weighted by molar-refractivity contribution is 5.61. The van der Waals surface area contributed by atoms with Crippen molar-refractivity contribution < 1.29 is 9.84 Å². The Labute approximate surface area is 115 Å². The highest BCUT2D eigenvalue weighted by Gasteiger charge is 2.18. The van der Waals surface area contributed by atoms with Crippen LogP contribution in [0.25, 0.3) is 0 Å². The van der Waals surface area contributed by atoms with E-state index in [9.17, 15) is 5.11 Å². The lowest BCUT2D eigenvalue weighted by Crippen LogP contribution is -2.29. The van der Waals surface area contributed by atoms with Gasteiger partial charge in [0.1, 0.15) is 5.75 Å². The molecule has 0 amide bonds. The largest absolute Gasteiger partial charge is 0.496 e. The summed E-state index contributed by atoms with van der Waals surface area (Å²) in [4.78, 5) is 2.10. The fraction of sp³-hybridized carbons (Fsp3) is 0.467. The molecule has 1 atom stereocenters. The van der Waals surface area contributed by atoms with Crippen LogP contribution in [0.4, 0.5) is 5.69 Å². The van der Waals surface area contributed by atoms with Crippen molar-refractivity contribution in [1.29, 1.82) is 0 Å². The highest BCUT2D eigenvalue weighted by atomic mass is 16.5. The monoisotopic (exact) mass is 264 g/mol. The summed E-state index contributed by atoms with van der Waals surface area (Å²) in [6, 6.07) is 6.13. The van der Waals surface area contributed by atoms with Gasteiger partial charge >= 0.3 is 0 Å². The van der Waals surface area contributed by atoms with Crippen LogP contribution in [0, 0.1) is 0 Å². The maximum absolute atomic E-state index is 9.21. The second kappa shape index (κ2) is 7.81. The third kappa shape index (κ3) is 3.72. The first kappa shape index (κ1) is 15.5. The zero-order chi connectivity index (χ0) is 14.3. The zero-order valence-electron chi connectivity index (χ0n) is 12.0. The molecule has 0 heterocycles. The molecule has 0 bridgehead atoms. The first-order chi connectivity index (χ1) is 9.19. The highest BCUT2D eigenvalue weighted by Crippen LogP contribution is 2.34. The number of nitrogens with zero attached hydrogens (tertiary/aromatic N) is 1. The fourth-order valence-electron chi connectivity index (χ4n) is 2.15. The number of benzene rings is 1. The Morgan fingerprint density at radius 1 is 1.53 bits per heavy atom. The number of hydrogen-bond acceptors (Lipinski definition) is 4. The van der Waals surface area contributed by atoms with Crippen LogP contribution in [0.3, 0.4) is 0 Å². The van der Waals surface area contributed by atoms with Gasteiger partial charge in [-0.25, -0.2) is 0 Å². The molecule has 0 saturated heterocycles. The predicted molar refractivity (Wildman–Crippen MR) is 80.0 cm³/mol. The van der Waals surface area contributed by atoms with Crippen LogP contribution < -0.4 is 15.0 Å².